The lowest BCUT2D eigenvalue weighted by molar-refractivity contribution is -0.144. The molecule has 0 radical (unpaired) electrons. The topological polar surface area (TPSA) is 140 Å². The van der Waals surface area contributed by atoms with Crippen molar-refractivity contribution in [3.8, 4) is 6.07 Å². The smallest absolute Gasteiger partial charge is 0.275 e. The fourth-order valence-electron chi connectivity index (χ4n) is 5.08. The summed E-state index contributed by atoms with van der Waals surface area (Å²) in [6, 6.07) is 6.01. The van der Waals surface area contributed by atoms with Crippen molar-refractivity contribution in [3.63, 3.8) is 0 Å². The summed E-state index contributed by atoms with van der Waals surface area (Å²) in [5.74, 6) is 0.980. The van der Waals surface area contributed by atoms with Crippen LogP contribution in [-0.2, 0) is 9.53 Å². The fourth-order valence-corrected chi connectivity index (χ4v) is 5.35. The molecule has 0 unspecified atom stereocenters. The minimum atomic E-state index is -0.192. The third-order valence-electron chi connectivity index (χ3n) is 7.50. The second-order valence-corrected chi connectivity index (χ2v) is 10.7. The Morgan fingerprint density at radius 1 is 1.30 bits per heavy atom. The summed E-state index contributed by atoms with van der Waals surface area (Å²) in [5.41, 5.74) is 1.97. The van der Waals surface area contributed by atoms with Crippen molar-refractivity contribution in [2.45, 2.75) is 31.3 Å². The largest absolute Gasteiger partial charge is 0.377 e. The second-order valence-electron chi connectivity index (χ2n) is 10.4. The van der Waals surface area contributed by atoms with Crippen molar-refractivity contribution in [1.82, 2.24) is 29.8 Å². The lowest BCUT2D eigenvalue weighted by atomic mass is 9.93. The minimum Gasteiger partial charge on any atom is -0.377 e. The van der Waals surface area contributed by atoms with E-state index >= 15 is 0 Å². The van der Waals surface area contributed by atoms with Crippen molar-refractivity contribution in [2.24, 2.45) is 0 Å². The number of amides is 1. The molecule has 14 heteroatoms. The van der Waals surface area contributed by atoms with E-state index in [-0.39, 0.29) is 23.2 Å². The van der Waals surface area contributed by atoms with E-state index in [4.69, 9.17) is 22.9 Å². The zero-order chi connectivity index (χ0) is 27.9. The fraction of sp³-hybridized carbons (Fsp3) is 0.462. The lowest BCUT2D eigenvalue weighted by Crippen LogP contribution is -2.70. The average Bonchev–Trinajstić information content (AvgIpc) is 3.65. The number of rotatable bonds is 8. The first-order chi connectivity index (χ1) is 19.4. The van der Waals surface area contributed by atoms with Crippen molar-refractivity contribution in [1.29, 1.82) is 5.26 Å². The van der Waals surface area contributed by atoms with Crippen molar-refractivity contribution in [2.75, 3.05) is 61.5 Å². The Balaban J connectivity index is 1.25. The van der Waals surface area contributed by atoms with Crippen LogP contribution in [0, 0.1) is 17.9 Å². The van der Waals surface area contributed by atoms with Crippen LogP contribution in [0.15, 0.2) is 18.3 Å². The van der Waals surface area contributed by atoms with Gasteiger partial charge >= 0.3 is 0 Å². The highest BCUT2D eigenvalue weighted by atomic mass is 35.5. The lowest BCUT2D eigenvalue weighted by Gasteiger charge is -2.52. The van der Waals surface area contributed by atoms with Crippen LogP contribution in [0.1, 0.15) is 25.3 Å². The van der Waals surface area contributed by atoms with Gasteiger partial charge in [-0.2, -0.15) is 10.2 Å². The number of anilines is 4. The zero-order valence-electron chi connectivity index (χ0n) is 21.9. The molecule has 1 amide bonds. The molecular formula is C26H28ClN11O2. The number of hydrogen-bond donors (Lipinski definition) is 3. The molecule has 40 heavy (non-hydrogen) atoms. The SMILES string of the molecule is [C-]#[N+]c1cnc2c(NC3CC3)nc(Nc3cc(C#N)cc(N4CCN(C5(CNC(C)=O)COC5)CC4)c3Cl)nn12. The molecule has 0 bridgehead atoms. The number of ether oxygens (including phenoxy) is 1. The van der Waals surface area contributed by atoms with E-state index < -0.39 is 0 Å². The molecule has 0 spiro atoms. The van der Waals surface area contributed by atoms with Crippen LogP contribution >= 0.6 is 11.6 Å². The number of carbonyl (C=O) groups excluding carboxylic acids is 1. The quantitative estimate of drug-likeness (QED) is 0.351. The summed E-state index contributed by atoms with van der Waals surface area (Å²) < 4.78 is 6.97. The second kappa shape index (κ2) is 10.4. The van der Waals surface area contributed by atoms with Crippen molar-refractivity contribution >= 4 is 52.1 Å². The maximum absolute atomic E-state index is 11.5. The van der Waals surface area contributed by atoms with Gasteiger partial charge in [0.2, 0.25) is 5.91 Å². The number of imidazole rings is 1. The molecule has 3 N–H and O–H groups in total. The molecule has 206 valence electrons. The number of nitriles is 1. The van der Waals surface area contributed by atoms with Gasteiger partial charge in [-0.25, -0.2) is 4.98 Å². The van der Waals surface area contributed by atoms with Crippen LogP contribution in [0.4, 0.5) is 29.0 Å². The number of aromatic nitrogens is 4. The Morgan fingerprint density at radius 3 is 2.70 bits per heavy atom. The number of nitrogens with one attached hydrogen (secondary N) is 3. The molecule has 1 aliphatic carbocycles. The molecular weight excluding hydrogens is 534 g/mol. The normalized spacial score (nSPS) is 18.4. The van der Waals surface area contributed by atoms with Crippen LogP contribution in [0.25, 0.3) is 10.5 Å². The maximum atomic E-state index is 11.5. The van der Waals surface area contributed by atoms with E-state index in [9.17, 15) is 10.1 Å². The number of carbonyl (C=O) groups is 1. The molecule has 3 aromatic rings. The van der Waals surface area contributed by atoms with Gasteiger partial charge in [0, 0.05) is 45.7 Å². The number of halogens is 1. The molecule has 2 aromatic heterocycles. The third kappa shape index (κ3) is 4.95. The Hall–Kier alpha value is -4.17. The summed E-state index contributed by atoms with van der Waals surface area (Å²) in [7, 11) is 0. The van der Waals surface area contributed by atoms with E-state index in [2.05, 4.69) is 51.7 Å². The molecule has 4 heterocycles. The van der Waals surface area contributed by atoms with Gasteiger partial charge in [-0.05, 0) is 25.0 Å². The maximum Gasteiger partial charge on any atom is 0.275 e. The van der Waals surface area contributed by atoms with Gasteiger partial charge in [0.15, 0.2) is 5.82 Å². The van der Waals surface area contributed by atoms with Gasteiger partial charge < -0.3 is 30.4 Å². The van der Waals surface area contributed by atoms with Gasteiger partial charge in [0.05, 0.1) is 53.0 Å². The van der Waals surface area contributed by atoms with E-state index in [1.807, 2.05) is 0 Å². The molecule has 13 nitrogen and oxygen atoms in total. The molecule has 6 rings (SSSR count). The highest BCUT2D eigenvalue weighted by Crippen LogP contribution is 2.37. The molecule has 3 fully saturated rings. The highest BCUT2D eigenvalue weighted by molar-refractivity contribution is 6.36. The number of nitrogens with zero attached hydrogens (tertiary/aromatic N) is 8. The van der Waals surface area contributed by atoms with E-state index in [0.29, 0.717) is 66.6 Å². The molecule has 2 aliphatic heterocycles. The van der Waals surface area contributed by atoms with Crippen molar-refractivity contribution in [3.05, 3.63) is 40.3 Å². The Labute approximate surface area is 235 Å². The first-order valence-electron chi connectivity index (χ1n) is 13.1. The van der Waals surface area contributed by atoms with Crippen LogP contribution < -0.4 is 20.9 Å². The number of piperazine rings is 1. The van der Waals surface area contributed by atoms with E-state index in [1.165, 1.54) is 17.6 Å². The summed E-state index contributed by atoms with van der Waals surface area (Å²) in [6.45, 7) is 13.6. The van der Waals surface area contributed by atoms with Gasteiger partial charge in [-0.1, -0.05) is 23.3 Å². The van der Waals surface area contributed by atoms with Crippen LogP contribution in [0.3, 0.4) is 0 Å². The Bertz CT molecular complexity index is 1540. The Kier molecular flexibility index (Phi) is 6.80. The monoisotopic (exact) mass is 561 g/mol. The van der Waals surface area contributed by atoms with Crippen LogP contribution in [0.5, 0.6) is 0 Å². The molecule has 2 saturated heterocycles. The summed E-state index contributed by atoms with van der Waals surface area (Å²) in [6.07, 6.45) is 3.56. The predicted molar refractivity (Wildman–Crippen MR) is 149 cm³/mol. The van der Waals surface area contributed by atoms with E-state index in [1.54, 1.807) is 12.1 Å². The van der Waals surface area contributed by atoms with Crippen LogP contribution in [-0.4, -0.2) is 87.9 Å². The minimum absolute atomic E-state index is 0.0537. The zero-order valence-corrected chi connectivity index (χ0v) is 22.7. The standard InChI is InChI=1S/C26H28ClN11O2/c1-16(39)31-13-26(14-40-15-26)37-7-5-36(6-8-37)20-10-17(11-28)9-19(22(20)27)33-25-34-23(32-18-3-4-18)24-30-12-21(29-2)38(24)35-25/h9-10,12,18H,3-8,13-15H2,1H3,(H,31,39)(H2,32,33,34,35). The molecule has 3 aliphatic rings. The first-order valence-corrected chi connectivity index (χ1v) is 13.5. The summed E-state index contributed by atoms with van der Waals surface area (Å²) in [4.78, 5) is 28.5. The number of benzene rings is 1. The molecule has 1 saturated carbocycles. The number of fused-ring (bicyclic) bond motifs is 1. The predicted octanol–water partition coefficient (Wildman–Crippen LogP) is 2.55. The summed E-state index contributed by atoms with van der Waals surface area (Å²) in [5, 5.41) is 24.2. The Morgan fingerprint density at radius 2 is 2.08 bits per heavy atom. The molecule has 1 aromatic carbocycles. The highest BCUT2D eigenvalue weighted by Gasteiger charge is 2.45. The van der Waals surface area contributed by atoms with Crippen molar-refractivity contribution < 1.29 is 9.53 Å². The first kappa shape index (κ1) is 26.1. The number of hydrogen-bond acceptors (Lipinski definition) is 10. The third-order valence-corrected chi connectivity index (χ3v) is 7.90. The van der Waals surface area contributed by atoms with Crippen LogP contribution in [0.2, 0.25) is 5.02 Å². The van der Waals surface area contributed by atoms with E-state index in [0.717, 1.165) is 31.6 Å². The van der Waals surface area contributed by atoms with Gasteiger partial charge in [-0.15, -0.1) is 4.52 Å². The molecule has 0 atom stereocenters. The van der Waals surface area contributed by atoms with Gasteiger partial charge in [-0.3, -0.25) is 9.69 Å². The summed E-state index contributed by atoms with van der Waals surface area (Å²) >= 11 is 6.93. The van der Waals surface area contributed by atoms with Gasteiger partial charge in [0.1, 0.15) is 0 Å². The average molecular weight is 562 g/mol. The van der Waals surface area contributed by atoms with Gasteiger partial charge in [0.25, 0.3) is 17.4 Å².